The van der Waals surface area contributed by atoms with E-state index in [4.69, 9.17) is 5.73 Å². The Bertz CT molecular complexity index is 542. The molecule has 0 saturated carbocycles. The first-order valence-corrected chi connectivity index (χ1v) is 5.00. The Morgan fingerprint density at radius 2 is 2.25 bits per heavy atom. The monoisotopic (exact) mass is 219 g/mol. The minimum atomic E-state index is -0.145. The zero-order chi connectivity index (χ0) is 11.5. The summed E-state index contributed by atoms with van der Waals surface area (Å²) in [6, 6.07) is 6.65. The van der Waals surface area contributed by atoms with Crippen LogP contribution in [0.2, 0.25) is 0 Å². The van der Waals surface area contributed by atoms with Gasteiger partial charge in [-0.3, -0.25) is 14.6 Å². The summed E-state index contributed by atoms with van der Waals surface area (Å²) >= 11 is 0. The lowest BCUT2D eigenvalue weighted by Crippen LogP contribution is -2.11. The lowest BCUT2D eigenvalue weighted by atomic mass is 10.2. The van der Waals surface area contributed by atoms with Crippen molar-refractivity contribution >= 4 is 0 Å². The van der Waals surface area contributed by atoms with Crippen molar-refractivity contribution in [1.82, 2.24) is 9.78 Å². The van der Waals surface area contributed by atoms with Gasteiger partial charge in [-0.15, -0.1) is 0 Å². The fraction of sp³-hybridized carbons (Fsp3) is 0.182. The molecule has 0 fully saturated rings. The summed E-state index contributed by atoms with van der Waals surface area (Å²) in [6.45, 7) is 0.438. The number of phenolic OH excluding ortho intramolecular Hbond substituents is 1. The molecule has 84 valence electrons. The van der Waals surface area contributed by atoms with Gasteiger partial charge in [0.2, 0.25) is 0 Å². The zero-order valence-electron chi connectivity index (χ0n) is 8.68. The molecule has 0 atom stereocenters. The van der Waals surface area contributed by atoms with Gasteiger partial charge in [-0.2, -0.15) is 0 Å². The number of nitrogens with zero attached hydrogens (tertiary/aromatic N) is 1. The van der Waals surface area contributed by atoms with Crippen LogP contribution in [0.15, 0.2) is 35.3 Å². The van der Waals surface area contributed by atoms with Gasteiger partial charge in [-0.05, 0) is 25.1 Å². The second-order valence-electron chi connectivity index (χ2n) is 3.52. The molecule has 0 aliphatic heterocycles. The average molecular weight is 219 g/mol. The number of nitrogens with one attached hydrogen (secondary N) is 1. The van der Waals surface area contributed by atoms with Crippen molar-refractivity contribution in [2.45, 2.75) is 6.42 Å². The van der Waals surface area contributed by atoms with Crippen LogP contribution in [-0.2, 0) is 6.42 Å². The SMILES string of the molecule is NCCc1cn(-c2cccc(O)c2)[nH]c1=O. The van der Waals surface area contributed by atoms with Crippen LogP contribution < -0.4 is 11.3 Å². The van der Waals surface area contributed by atoms with E-state index in [2.05, 4.69) is 5.10 Å². The van der Waals surface area contributed by atoms with E-state index in [1.807, 2.05) is 0 Å². The third-order valence-electron chi connectivity index (χ3n) is 2.32. The van der Waals surface area contributed by atoms with Crippen LogP contribution >= 0.6 is 0 Å². The van der Waals surface area contributed by atoms with E-state index in [1.54, 1.807) is 35.1 Å². The van der Waals surface area contributed by atoms with E-state index in [0.29, 0.717) is 24.2 Å². The van der Waals surface area contributed by atoms with Gasteiger partial charge < -0.3 is 10.8 Å². The van der Waals surface area contributed by atoms with Crippen molar-refractivity contribution in [2.75, 3.05) is 6.54 Å². The predicted molar refractivity (Wildman–Crippen MR) is 60.8 cm³/mol. The number of rotatable bonds is 3. The van der Waals surface area contributed by atoms with Crippen molar-refractivity contribution in [3.63, 3.8) is 0 Å². The van der Waals surface area contributed by atoms with Crippen molar-refractivity contribution < 1.29 is 5.11 Å². The highest BCUT2D eigenvalue weighted by molar-refractivity contribution is 5.38. The lowest BCUT2D eigenvalue weighted by Gasteiger charge is -2.01. The van der Waals surface area contributed by atoms with Crippen LogP contribution in [0.1, 0.15) is 5.56 Å². The van der Waals surface area contributed by atoms with Crippen LogP contribution in [0, 0.1) is 0 Å². The molecule has 0 bridgehead atoms. The molecule has 5 heteroatoms. The summed E-state index contributed by atoms with van der Waals surface area (Å²) in [7, 11) is 0. The number of aromatic amines is 1. The number of phenols is 1. The Kier molecular flexibility index (Phi) is 2.78. The van der Waals surface area contributed by atoms with Crippen LogP contribution in [0.5, 0.6) is 5.75 Å². The van der Waals surface area contributed by atoms with Crippen molar-refractivity contribution in [3.8, 4) is 11.4 Å². The summed E-state index contributed by atoms with van der Waals surface area (Å²) in [6.07, 6.45) is 2.24. The van der Waals surface area contributed by atoms with E-state index in [0.717, 1.165) is 0 Å². The first-order valence-electron chi connectivity index (χ1n) is 5.00. The number of hydrogen-bond donors (Lipinski definition) is 3. The molecule has 0 saturated heterocycles. The molecule has 0 aliphatic rings. The normalized spacial score (nSPS) is 10.6. The number of benzene rings is 1. The van der Waals surface area contributed by atoms with Crippen molar-refractivity contribution in [2.24, 2.45) is 5.73 Å². The van der Waals surface area contributed by atoms with Gasteiger partial charge in [0, 0.05) is 17.8 Å². The van der Waals surface area contributed by atoms with Crippen LogP contribution in [0.4, 0.5) is 0 Å². The molecule has 2 aromatic rings. The molecule has 5 nitrogen and oxygen atoms in total. The van der Waals surface area contributed by atoms with E-state index in [-0.39, 0.29) is 11.3 Å². The van der Waals surface area contributed by atoms with Gasteiger partial charge in [0.15, 0.2) is 0 Å². The maximum absolute atomic E-state index is 11.5. The number of H-pyrrole nitrogens is 1. The summed E-state index contributed by atoms with van der Waals surface area (Å²) < 4.78 is 1.58. The van der Waals surface area contributed by atoms with E-state index in [1.165, 1.54) is 0 Å². The molecule has 4 N–H and O–H groups in total. The first-order chi connectivity index (χ1) is 7.70. The number of nitrogens with two attached hydrogens (primary N) is 1. The first kappa shape index (κ1) is 10.5. The predicted octanol–water partition coefficient (Wildman–Crippen LogP) is 0.372. The van der Waals surface area contributed by atoms with E-state index in [9.17, 15) is 9.90 Å². The van der Waals surface area contributed by atoms with Crippen molar-refractivity contribution in [3.05, 3.63) is 46.4 Å². The Hall–Kier alpha value is -2.01. The third-order valence-corrected chi connectivity index (χ3v) is 2.32. The van der Waals surface area contributed by atoms with Crippen LogP contribution in [0.25, 0.3) is 5.69 Å². The zero-order valence-corrected chi connectivity index (χ0v) is 8.68. The summed E-state index contributed by atoms with van der Waals surface area (Å²) in [5, 5.41) is 12.0. The Labute approximate surface area is 92.1 Å². The van der Waals surface area contributed by atoms with Crippen molar-refractivity contribution in [1.29, 1.82) is 0 Å². The van der Waals surface area contributed by atoms with Gasteiger partial charge in [-0.25, -0.2) is 0 Å². The van der Waals surface area contributed by atoms with E-state index >= 15 is 0 Å². The molecule has 1 aromatic carbocycles. The topological polar surface area (TPSA) is 84.0 Å². The summed E-state index contributed by atoms with van der Waals surface area (Å²) in [5.74, 6) is 0.160. The molecule has 16 heavy (non-hydrogen) atoms. The van der Waals surface area contributed by atoms with Gasteiger partial charge in [-0.1, -0.05) is 6.07 Å². The highest BCUT2D eigenvalue weighted by Crippen LogP contribution is 2.13. The quantitative estimate of drug-likeness (QED) is 0.697. The molecular weight excluding hydrogens is 206 g/mol. The molecule has 0 amide bonds. The number of aromatic hydroxyl groups is 1. The maximum Gasteiger partial charge on any atom is 0.267 e. The molecule has 0 unspecified atom stereocenters. The van der Waals surface area contributed by atoms with Crippen LogP contribution in [-0.4, -0.2) is 21.4 Å². The van der Waals surface area contributed by atoms with Gasteiger partial charge >= 0.3 is 0 Å². The second kappa shape index (κ2) is 4.24. The Morgan fingerprint density at radius 3 is 2.94 bits per heavy atom. The minimum absolute atomic E-state index is 0.145. The highest BCUT2D eigenvalue weighted by atomic mass is 16.3. The second-order valence-corrected chi connectivity index (χ2v) is 3.52. The maximum atomic E-state index is 11.5. The fourth-order valence-electron chi connectivity index (χ4n) is 1.54. The molecule has 0 aliphatic carbocycles. The number of aromatic nitrogens is 2. The molecule has 0 radical (unpaired) electrons. The van der Waals surface area contributed by atoms with Gasteiger partial charge in [0.05, 0.1) is 5.69 Å². The average Bonchev–Trinajstić information content (AvgIpc) is 2.61. The molecule has 2 rings (SSSR count). The molecule has 1 aromatic heterocycles. The molecule has 0 spiro atoms. The standard InChI is InChI=1S/C11H13N3O2/c12-5-4-8-7-14(13-11(8)16)9-2-1-3-10(15)6-9/h1-3,6-7,15H,4-5,12H2,(H,13,16). The fourth-order valence-corrected chi connectivity index (χ4v) is 1.54. The van der Waals surface area contributed by atoms with Gasteiger partial charge in [0.1, 0.15) is 5.75 Å². The number of hydrogen-bond acceptors (Lipinski definition) is 3. The molecular formula is C11H13N3O2. The highest BCUT2D eigenvalue weighted by Gasteiger charge is 2.04. The largest absolute Gasteiger partial charge is 0.508 e. The smallest absolute Gasteiger partial charge is 0.267 e. The molecule has 1 heterocycles. The van der Waals surface area contributed by atoms with Gasteiger partial charge in [0.25, 0.3) is 5.56 Å². The Morgan fingerprint density at radius 1 is 1.44 bits per heavy atom. The summed E-state index contributed by atoms with van der Waals surface area (Å²) in [4.78, 5) is 11.5. The Balaban J connectivity index is 2.41. The lowest BCUT2D eigenvalue weighted by molar-refractivity contribution is 0.475. The summed E-state index contributed by atoms with van der Waals surface area (Å²) in [5.41, 5.74) is 6.61. The third kappa shape index (κ3) is 1.99. The van der Waals surface area contributed by atoms with Crippen LogP contribution in [0.3, 0.4) is 0 Å². The van der Waals surface area contributed by atoms with E-state index < -0.39 is 0 Å². The minimum Gasteiger partial charge on any atom is -0.508 e.